The Morgan fingerprint density at radius 1 is 1.28 bits per heavy atom. The first-order chi connectivity index (χ1) is 11.5. The van der Waals surface area contributed by atoms with Gasteiger partial charge in [-0.05, 0) is 38.1 Å². The van der Waals surface area contributed by atoms with Crippen LogP contribution in [0.5, 0.6) is 0 Å². The first-order valence-electron chi connectivity index (χ1n) is 8.12. The van der Waals surface area contributed by atoms with Crippen molar-refractivity contribution in [3.05, 3.63) is 33.8 Å². The molecule has 3 rings (SSSR count). The van der Waals surface area contributed by atoms with Gasteiger partial charge in [-0.15, -0.1) is 12.4 Å². The van der Waals surface area contributed by atoms with Crippen molar-refractivity contribution in [3.63, 3.8) is 0 Å². The van der Waals surface area contributed by atoms with Gasteiger partial charge in [0.2, 0.25) is 5.91 Å². The van der Waals surface area contributed by atoms with Crippen molar-refractivity contribution in [3.8, 4) is 0 Å². The minimum absolute atomic E-state index is 0. The Kier molecular flexibility index (Phi) is 6.59. The third-order valence-electron chi connectivity index (χ3n) is 4.66. The molecule has 1 N–H and O–H groups in total. The van der Waals surface area contributed by atoms with Crippen LogP contribution in [0.2, 0.25) is 0 Å². The molecule has 1 aromatic carbocycles. The molecule has 0 bridgehead atoms. The smallest absolute Gasteiger partial charge is 0.261 e. The molecule has 2 heterocycles. The molecule has 1 unspecified atom stereocenters. The standard InChI is InChI=1S/C17H20BrN3O3.ClH/c1-19-12-3-2-7-20(10-12)15(22)6-8-21-16(23)13-5-4-11(18)9-14(13)17(21)24;/h4-5,9,12,19H,2-3,6-8,10H2,1H3;1H. The summed E-state index contributed by atoms with van der Waals surface area (Å²) in [6.45, 7) is 1.56. The molecule has 3 amide bonds. The summed E-state index contributed by atoms with van der Waals surface area (Å²) in [5.74, 6) is -0.648. The molecular formula is C17H21BrClN3O3. The number of carbonyl (C=O) groups excluding carboxylic acids is 3. The fourth-order valence-corrected chi connectivity index (χ4v) is 3.63. The molecule has 0 aliphatic carbocycles. The molecule has 2 aliphatic rings. The average molecular weight is 431 g/mol. The Labute approximate surface area is 161 Å². The molecule has 136 valence electrons. The molecular weight excluding hydrogens is 410 g/mol. The molecule has 0 spiro atoms. The zero-order valence-corrected chi connectivity index (χ0v) is 16.4. The van der Waals surface area contributed by atoms with Gasteiger partial charge in [0, 0.05) is 36.6 Å². The van der Waals surface area contributed by atoms with Gasteiger partial charge < -0.3 is 10.2 Å². The number of nitrogens with zero attached hydrogens (tertiary/aromatic N) is 2. The van der Waals surface area contributed by atoms with E-state index in [4.69, 9.17) is 0 Å². The number of hydrogen-bond donors (Lipinski definition) is 1. The molecule has 1 fully saturated rings. The minimum atomic E-state index is -0.323. The number of halogens is 2. The summed E-state index contributed by atoms with van der Waals surface area (Å²) in [7, 11) is 1.90. The van der Waals surface area contributed by atoms with Crippen LogP contribution >= 0.6 is 28.3 Å². The van der Waals surface area contributed by atoms with Gasteiger partial charge in [0.1, 0.15) is 0 Å². The third-order valence-corrected chi connectivity index (χ3v) is 5.16. The number of rotatable bonds is 4. The summed E-state index contributed by atoms with van der Waals surface area (Å²) in [5.41, 5.74) is 0.805. The Morgan fingerprint density at radius 3 is 2.72 bits per heavy atom. The number of piperidine rings is 1. The fraction of sp³-hybridized carbons (Fsp3) is 0.471. The van der Waals surface area contributed by atoms with Gasteiger partial charge in [0.05, 0.1) is 11.1 Å². The minimum Gasteiger partial charge on any atom is -0.341 e. The number of benzene rings is 1. The van der Waals surface area contributed by atoms with Gasteiger partial charge in [0.25, 0.3) is 11.8 Å². The number of likely N-dealkylation sites (N-methyl/N-ethyl adjacent to an activating group) is 1. The fourth-order valence-electron chi connectivity index (χ4n) is 3.27. The van der Waals surface area contributed by atoms with Crippen LogP contribution in [-0.4, -0.2) is 60.2 Å². The lowest BCUT2D eigenvalue weighted by atomic mass is 10.1. The van der Waals surface area contributed by atoms with E-state index in [1.54, 1.807) is 18.2 Å². The van der Waals surface area contributed by atoms with Crippen LogP contribution in [0.1, 0.15) is 40.0 Å². The summed E-state index contributed by atoms with van der Waals surface area (Å²) < 4.78 is 0.756. The number of likely N-dealkylation sites (tertiary alicyclic amines) is 1. The second kappa shape index (κ2) is 8.29. The van der Waals surface area contributed by atoms with E-state index in [0.717, 1.165) is 23.9 Å². The van der Waals surface area contributed by atoms with E-state index in [1.165, 1.54) is 4.90 Å². The maximum Gasteiger partial charge on any atom is 0.261 e. The van der Waals surface area contributed by atoms with Gasteiger partial charge in [-0.3, -0.25) is 19.3 Å². The van der Waals surface area contributed by atoms with E-state index in [2.05, 4.69) is 21.2 Å². The zero-order chi connectivity index (χ0) is 17.3. The summed E-state index contributed by atoms with van der Waals surface area (Å²) in [4.78, 5) is 40.1. The van der Waals surface area contributed by atoms with Crippen LogP contribution in [0.15, 0.2) is 22.7 Å². The highest BCUT2D eigenvalue weighted by molar-refractivity contribution is 9.10. The number of amides is 3. The quantitative estimate of drug-likeness (QED) is 0.743. The van der Waals surface area contributed by atoms with Gasteiger partial charge in [-0.1, -0.05) is 15.9 Å². The van der Waals surface area contributed by atoms with Crippen molar-refractivity contribution in [2.24, 2.45) is 0 Å². The number of fused-ring (bicyclic) bond motifs is 1. The van der Waals surface area contributed by atoms with E-state index >= 15 is 0 Å². The van der Waals surface area contributed by atoms with Gasteiger partial charge >= 0.3 is 0 Å². The van der Waals surface area contributed by atoms with Gasteiger partial charge in [0.15, 0.2) is 0 Å². The molecule has 8 heteroatoms. The Morgan fingerprint density at radius 2 is 2.00 bits per heavy atom. The lowest BCUT2D eigenvalue weighted by Crippen LogP contribution is -2.47. The highest BCUT2D eigenvalue weighted by Gasteiger charge is 2.36. The van der Waals surface area contributed by atoms with Crippen molar-refractivity contribution in [2.45, 2.75) is 25.3 Å². The molecule has 25 heavy (non-hydrogen) atoms. The van der Waals surface area contributed by atoms with Crippen molar-refractivity contribution >= 4 is 46.1 Å². The normalized spacial score (nSPS) is 19.7. The first-order valence-corrected chi connectivity index (χ1v) is 8.91. The second-order valence-electron chi connectivity index (χ2n) is 6.17. The van der Waals surface area contributed by atoms with Crippen LogP contribution in [0.3, 0.4) is 0 Å². The van der Waals surface area contributed by atoms with Crippen LogP contribution < -0.4 is 5.32 Å². The van der Waals surface area contributed by atoms with E-state index < -0.39 is 0 Å². The predicted molar refractivity (Wildman–Crippen MR) is 100 cm³/mol. The lowest BCUT2D eigenvalue weighted by molar-refractivity contribution is -0.132. The van der Waals surface area contributed by atoms with Crippen molar-refractivity contribution in [2.75, 3.05) is 26.7 Å². The number of hydrogen-bond acceptors (Lipinski definition) is 4. The van der Waals surface area contributed by atoms with E-state index in [9.17, 15) is 14.4 Å². The van der Waals surface area contributed by atoms with Gasteiger partial charge in [-0.2, -0.15) is 0 Å². The lowest BCUT2D eigenvalue weighted by Gasteiger charge is -2.33. The average Bonchev–Trinajstić information content (AvgIpc) is 2.83. The molecule has 1 aromatic rings. The highest BCUT2D eigenvalue weighted by Crippen LogP contribution is 2.26. The Bertz CT molecular complexity index is 698. The van der Waals surface area contributed by atoms with Crippen LogP contribution in [-0.2, 0) is 4.79 Å². The van der Waals surface area contributed by atoms with Crippen molar-refractivity contribution < 1.29 is 14.4 Å². The van der Waals surface area contributed by atoms with Crippen molar-refractivity contribution in [1.29, 1.82) is 0 Å². The Hall–Kier alpha value is -1.44. The molecule has 0 radical (unpaired) electrons. The van der Waals surface area contributed by atoms with Crippen LogP contribution in [0, 0.1) is 0 Å². The van der Waals surface area contributed by atoms with E-state index in [-0.39, 0.29) is 43.1 Å². The molecule has 0 aromatic heterocycles. The number of nitrogens with one attached hydrogen (secondary N) is 1. The Balaban J connectivity index is 0.00000225. The first kappa shape index (κ1) is 19.9. The zero-order valence-electron chi connectivity index (χ0n) is 14.0. The monoisotopic (exact) mass is 429 g/mol. The third kappa shape index (κ3) is 4.04. The van der Waals surface area contributed by atoms with Gasteiger partial charge in [-0.25, -0.2) is 0 Å². The summed E-state index contributed by atoms with van der Waals surface area (Å²) in [6.07, 6.45) is 2.20. The maximum absolute atomic E-state index is 12.4. The van der Waals surface area contributed by atoms with E-state index in [0.29, 0.717) is 23.7 Å². The maximum atomic E-state index is 12.4. The highest BCUT2D eigenvalue weighted by atomic mass is 79.9. The molecule has 6 nitrogen and oxygen atoms in total. The topological polar surface area (TPSA) is 69.7 Å². The summed E-state index contributed by atoms with van der Waals surface area (Å²) in [5, 5.41) is 3.20. The molecule has 2 aliphatic heterocycles. The van der Waals surface area contributed by atoms with Crippen molar-refractivity contribution in [1.82, 2.24) is 15.1 Å². The molecule has 1 saturated heterocycles. The molecule has 1 atom stereocenters. The second-order valence-corrected chi connectivity index (χ2v) is 7.09. The van der Waals surface area contributed by atoms with E-state index in [1.807, 2.05) is 11.9 Å². The van der Waals surface area contributed by atoms with Crippen LogP contribution in [0.4, 0.5) is 0 Å². The number of carbonyl (C=O) groups is 3. The summed E-state index contributed by atoms with van der Waals surface area (Å²) in [6, 6.07) is 5.35. The number of imide groups is 1. The predicted octanol–water partition coefficient (Wildman–Crippen LogP) is 2.07. The SMILES string of the molecule is CNC1CCCN(C(=O)CCN2C(=O)c3ccc(Br)cc3C2=O)C1.Cl. The largest absolute Gasteiger partial charge is 0.341 e. The van der Waals surface area contributed by atoms with Crippen LogP contribution in [0.25, 0.3) is 0 Å². The molecule has 0 saturated carbocycles. The summed E-state index contributed by atoms with van der Waals surface area (Å²) >= 11 is 3.31.